The number of Topliss-reactive ketones (excluding diaryl/α,β-unsaturated/α-hetero) is 2. The van der Waals surface area contributed by atoms with E-state index in [-0.39, 0.29) is 34.9 Å². The molecule has 7 nitrogen and oxygen atoms in total. The first kappa shape index (κ1) is 28.7. The molecule has 5 rings (SSSR count). The number of nitrogens with one attached hydrogen (secondary N) is 1. The fraction of sp³-hybridized carbons (Fsp3) is 0.441. The van der Waals surface area contributed by atoms with Crippen LogP contribution in [0.3, 0.4) is 0 Å². The number of methoxy groups -OCH3 is 1. The third kappa shape index (κ3) is 5.81. The van der Waals surface area contributed by atoms with Crippen LogP contribution in [0.2, 0.25) is 0 Å². The molecule has 0 fully saturated rings. The lowest BCUT2D eigenvalue weighted by molar-refractivity contribution is -0.120. The molecule has 2 aromatic rings. The van der Waals surface area contributed by atoms with Gasteiger partial charge in [0, 0.05) is 48.4 Å². The molecule has 0 bridgehead atoms. The summed E-state index contributed by atoms with van der Waals surface area (Å²) in [7, 11) is 1.53. The van der Waals surface area contributed by atoms with Crippen molar-refractivity contribution in [1.29, 1.82) is 0 Å². The van der Waals surface area contributed by atoms with Crippen molar-refractivity contribution in [3.63, 3.8) is 0 Å². The zero-order valence-corrected chi connectivity index (χ0v) is 25.0. The lowest BCUT2D eigenvalue weighted by Gasteiger charge is -2.42. The maximum Gasteiger partial charge on any atom is 0.262 e. The van der Waals surface area contributed by atoms with Gasteiger partial charge < -0.3 is 19.5 Å². The molecule has 0 radical (unpaired) electrons. The molecule has 1 N–H and O–H groups in total. The predicted octanol–water partition coefficient (Wildman–Crippen LogP) is 6.73. The van der Waals surface area contributed by atoms with Gasteiger partial charge in [-0.1, -0.05) is 51.5 Å². The summed E-state index contributed by atoms with van der Waals surface area (Å²) < 4.78 is 17.9. The number of aryl methyl sites for hydroxylation is 2. The van der Waals surface area contributed by atoms with Crippen LogP contribution in [0.15, 0.2) is 59.1 Å². The Morgan fingerprint density at radius 1 is 0.878 bits per heavy atom. The summed E-state index contributed by atoms with van der Waals surface area (Å²) in [6.07, 6.45) is 2.04. The average Bonchev–Trinajstić information content (AvgIpc) is 2.86. The maximum atomic E-state index is 13.6. The Bertz CT molecular complexity index is 1460. The third-order valence-corrected chi connectivity index (χ3v) is 8.12. The van der Waals surface area contributed by atoms with Crippen molar-refractivity contribution in [3.05, 3.63) is 75.8 Å². The summed E-state index contributed by atoms with van der Waals surface area (Å²) in [6, 6.07) is 11.2. The van der Waals surface area contributed by atoms with E-state index in [9.17, 15) is 14.4 Å². The van der Waals surface area contributed by atoms with Crippen molar-refractivity contribution in [2.75, 3.05) is 19.0 Å². The Morgan fingerprint density at radius 2 is 1.49 bits per heavy atom. The van der Waals surface area contributed by atoms with Crippen LogP contribution in [-0.2, 0) is 19.1 Å². The Balaban J connectivity index is 1.45. The largest absolute Gasteiger partial charge is 0.493 e. The van der Waals surface area contributed by atoms with Gasteiger partial charge in [0.05, 0.1) is 7.11 Å². The topological polar surface area (TPSA) is 90.9 Å². The second-order valence-corrected chi connectivity index (χ2v) is 13.2. The zero-order valence-electron chi connectivity index (χ0n) is 25.0. The fourth-order valence-electron chi connectivity index (χ4n) is 6.27. The van der Waals surface area contributed by atoms with Crippen LogP contribution >= 0.6 is 0 Å². The lowest BCUT2D eigenvalue weighted by atomic mass is 9.65. The van der Waals surface area contributed by atoms with Gasteiger partial charge in [0.1, 0.15) is 11.5 Å². The molecule has 2 aromatic carbocycles. The van der Waals surface area contributed by atoms with Crippen LogP contribution in [0, 0.1) is 24.7 Å². The molecule has 1 amide bonds. The molecule has 0 unspecified atom stereocenters. The second-order valence-electron chi connectivity index (χ2n) is 13.2. The summed E-state index contributed by atoms with van der Waals surface area (Å²) in [5, 5.41) is 2.89. The van der Waals surface area contributed by atoms with Crippen LogP contribution in [0.25, 0.3) is 0 Å². The maximum absolute atomic E-state index is 13.6. The summed E-state index contributed by atoms with van der Waals surface area (Å²) in [5.41, 5.74) is 4.28. The summed E-state index contributed by atoms with van der Waals surface area (Å²) in [6.45, 7) is 12.0. The molecule has 1 heterocycles. The number of ketones is 2. The fourth-order valence-corrected chi connectivity index (χ4v) is 6.27. The molecule has 41 heavy (non-hydrogen) atoms. The first-order chi connectivity index (χ1) is 19.3. The molecular formula is C34H39NO6. The van der Waals surface area contributed by atoms with Gasteiger partial charge in [-0.15, -0.1) is 0 Å². The van der Waals surface area contributed by atoms with E-state index in [0.717, 1.165) is 22.4 Å². The van der Waals surface area contributed by atoms with Crippen molar-refractivity contribution in [2.45, 2.75) is 73.1 Å². The Labute approximate surface area is 241 Å². The molecule has 3 aliphatic rings. The Morgan fingerprint density at radius 3 is 2.05 bits per heavy atom. The minimum atomic E-state index is -0.531. The number of allylic oxidation sites excluding steroid dienone is 4. The van der Waals surface area contributed by atoms with Crippen LogP contribution in [0.5, 0.6) is 11.5 Å². The highest BCUT2D eigenvalue weighted by Gasteiger charge is 2.48. The van der Waals surface area contributed by atoms with E-state index >= 15 is 0 Å². The molecule has 0 spiro atoms. The van der Waals surface area contributed by atoms with Crippen molar-refractivity contribution in [1.82, 2.24) is 0 Å². The first-order valence-corrected chi connectivity index (χ1v) is 14.1. The van der Waals surface area contributed by atoms with E-state index in [1.54, 1.807) is 6.07 Å². The van der Waals surface area contributed by atoms with Crippen molar-refractivity contribution in [2.24, 2.45) is 10.8 Å². The van der Waals surface area contributed by atoms with Gasteiger partial charge in [-0.3, -0.25) is 14.4 Å². The molecule has 2 aliphatic carbocycles. The number of benzene rings is 2. The van der Waals surface area contributed by atoms with E-state index in [1.807, 2.05) is 44.2 Å². The molecule has 0 atom stereocenters. The second kappa shape index (κ2) is 10.5. The molecule has 1 aliphatic heterocycles. The Hall–Kier alpha value is -3.87. The number of carbonyl (C=O) groups is 3. The number of hydrogen-bond donors (Lipinski definition) is 1. The minimum absolute atomic E-state index is 0.00722. The molecule has 0 saturated carbocycles. The standard InChI is InChI=1S/C34H39NO6/c1-19-8-10-22(20(2)12-19)35-29(38)18-40-25-11-9-21(13-26(25)39-7)30-31-23(36)14-33(3,4)16-27(31)41-28-17-34(5,6)15-24(37)32(28)30/h8-13,30H,14-18H2,1-7H3,(H,35,38). The summed E-state index contributed by atoms with van der Waals surface area (Å²) >= 11 is 0. The predicted molar refractivity (Wildman–Crippen MR) is 157 cm³/mol. The highest BCUT2D eigenvalue weighted by Crippen LogP contribution is 2.53. The minimum Gasteiger partial charge on any atom is -0.493 e. The zero-order chi connectivity index (χ0) is 29.7. The SMILES string of the molecule is COc1cc(C2C3=C(CC(C)(C)CC3=O)OC3=C2C(=O)CC(C)(C)C3)ccc1OCC(=O)Nc1ccc(C)cc1C. The van der Waals surface area contributed by atoms with Crippen LogP contribution < -0.4 is 14.8 Å². The summed E-state index contributed by atoms with van der Waals surface area (Å²) in [4.78, 5) is 39.8. The molecule has 0 aromatic heterocycles. The monoisotopic (exact) mass is 557 g/mol. The van der Waals surface area contributed by atoms with Gasteiger partial charge in [0.25, 0.3) is 5.91 Å². The molecule has 216 valence electrons. The van der Waals surface area contributed by atoms with E-state index in [4.69, 9.17) is 14.2 Å². The number of carbonyl (C=O) groups excluding carboxylic acids is 3. The number of rotatable bonds is 6. The number of anilines is 1. The number of amides is 1. The molecular weight excluding hydrogens is 518 g/mol. The third-order valence-electron chi connectivity index (χ3n) is 8.12. The van der Waals surface area contributed by atoms with Crippen LogP contribution in [0.4, 0.5) is 5.69 Å². The van der Waals surface area contributed by atoms with E-state index in [0.29, 0.717) is 59.8 Å². The molecule has 0 saturated heterocycles. The summed E-state index contributed by atoms with van der Waals surface area (Å²) in [5.74, 6) is 1.35. The normalized spacial score (nSPS) is 19.8. The molecule has 7 heteroatoms. The number of ether oxygens (including phenoxy) is 3. The first-order valence-electron chi connectivity index (χ1n) is 14.1. The number of hydrogen-bond acceptors (Lipinski definition) is 6. The van der Waals surface area contributed by atoms with Gasteiger partial charge in [-0.25, -0.2) is 0 Å². The van der Waals surface area contributed by atoms with Gasteiger partial charge in [-0.05, 0) is 54.0 Å². The smallest absolute Gasteiger partial charge is 0.262 e. The lowest BCUT2D eigenvalue weighted by Crippen LogP contribution is -2.37. The highest BCUT2D eigenvalue weighted by molar-refractivity contribution is 6.06. The van der Waals surface area contributed by atoms with Gasteiger partial charge in [0.2, 0.25) is 0 Å². The average molecular weight is 558 g/mol. The quantitative estimate of drug-likeness (QED) is 0.424. The van der Waals surface area contributed by atoms with Gasteiger partial charge in [0.15, 0.2) is 29.7 Å². The van der Waals surface area contributed by atoms with Gasteiger partial charge in [-0.2, -0.15) is 0 Å². The van der Waals surface area contributed by atoms with Crippen molar-refractivity contribution < 1.29 is 28.6 Å². The Kier molecular flexibility index (Phi) is 7.35. The van der Waals surface area contributed by atoms with E-state index < -0.39 is 5.92 Å². The van der Waals surface area contributed by atoms with E-state index in [2.05, 4.69) is 33.0 Å². The van der Waals surface area contributed by atoms with Crippen LogP contribution in [0.1, 0.15) is 76.0 Å². The van der Waals surface area contributed by atoms with E-state index in [1.165, 1.54) is 7.11 Å². The highest BCUT2D eigenvalue weighted by atomic mass is 16.5. The van der Waals surface area contributed by atoms with Crippen LogP contribution in [-0.4, -0.2) is 31.2 Å². The van der Waals surface area contributed by atoms with Gasteiger partial charge >= 0.3 is 0 Å². The van der Waals surface area contributed by atoms with Crippen molar-refractivity contribution >= 4 is 23.2 Å². The van der Waals surface area contributed by atoms with Crippen molar-refractivity contribution in [3.8, 4) is 11.5 Å².